The van der Waals surface area contributed by atoms with E-state index in [-0.39, 0.29) is 5.91 Å². The van der Waals surface area contributed by atoms with Crippen molar-refractivity contribution in [2.45, 2.75) is 13.0 Å². The van der Waals surface area contributed by atoms with E-state index >= 15 is 0 Å². The molecule has 6 heteroatoms. The highest BCUT2D eigenvalue weighted by Gasteiger charge is 2.09. The lowest BCUT2D eigenvalue weighted by atomic mass is 10.3. The minimum absolute atomic E-state index is 0.0689. The Kier molecular flexibility index (Phi) is 4.74. The molecule has 2 rings (SSSR count). The van der Waals surface area contributed by atoms with Gasteiger partial charge in [-0.1, -0.05) is 0 Å². The summed E-state index contributed by atoms with van der Waals surface area (Å²) in [4.78, 5) is 19.0. The minimum atomic E-state index is -0.0689. The van der Waals surface area contributed by atoms with Crippen LogP contribution in [-0.2, 0) is 17.7 Å². The van der Waals surface area contributed by atoms with Gasteiger partial charge in [0.25, 0.3) is 5.91 Å². The number of aromatic amines is 1. The second-order valence-electron chi connectivity index (χ2n) is 4.16. The molecule has 2 aromatic heterocycles. The molecule has 0 saturated carbocycles. The standard InChI is InChI=1S/C13H18N4O2/c1-19-8-7-17-6-2-3-12(17)13(18)15-5-4-11-9-14-10-16-11/h2-3,6,9-10H,4-5,7-8H2,1H3,(H,14,16)(H,15,18). The monoisotopic (exact) mass is 262 g/mol. The Labute approximate surface area is 111 Å². The lowest BCUT2D eigenvalue weighted by molar-refractivity contribution is 0.0942. The van der Waals surface area contributed by atoms with Crippen LogP contribution >= 0.6 is 0 Å². The van der Waals surface area contributed by atoms with Crippen molar-refractivity contribution in [1.29, 1.82) is 0 Å². The van der Waals surface area contributed by atoms with Crippen LogP contribution in [0, 0.1) is 0 Å². The largest absolute Gasteiger partial charge is 0.383 e. The van der Waals surface area contributed by atoms with Gasteiger partial charge in [-0.15, -0.1) is 0 Å². The summed E-state index contributed by atoms with van der Waals surface area (Å²) in [5.74, 6) is -0.0689. The second kappa shape index (κ2) is 6.75. The van der Waals surface area contributed by atoms with Crippen LogP contribution in [0.5, 0.6) is 0 Å². The molecule has 0 aliphatic heterocycles. The van der Waals surface area contributed by atoms with Gasteiger partial charge in [-0.05, 0) is 12.1 Å². The van der Waals surface area contributed by atoms with E-state index < -0.39 is 0 Å². The molecular formula is C13H18N4O2. The lowest BCUT2D eigenvalue weighted by Gasteiger charge is -2.09. The highest BCUT2D eigenvalue weighted by molar-refractivity contribution is 5.92. The summed E-state index contributed by atoms with van der Waals surface area (Å²) in [6.07, 6.45) is 6.01. The van der Waals surface area contributed by atoms with E-state index in [1.807, 2.05) is 16.8 Å². The molecule has 0 atom stereocenters. The zero-order chi connectivity index (χ0) is 13.5. The van der Waals surface area contributed by atoms with Crippen molar-refractivity contribution < 1.29 is 9.53 Å². The first-order valence-electron chi connectivity index (χ1n) is 6.21. The van der Waals surface area contributed by atoms with Gasteiger partial charge in [0.1, 0.15) is 5.69 Å². The maximum atomic E-state index is 12.0. The van der Waals surface area contributed by atoms with E-state index in [9.17, 15) is 4.79 Å². The molecule has 0 aliphatic carbocycles. The molecule has 0 bridgehead atoms. The SMILES string of the molecule is COCCn1cccc1C(=O)NCCc1cnc[nH]1. The Morgan fingerprint density at radius 1 is 1.58 bits per heavy atom. The van der Waals surface area contributed by atoms with Crippen LogP contribution in [0.15, 0.2) is 30.9 Å². The normalized spacial score (nSPS) is 10.6. The number of aromatic nitrogens is 3. The molecule has 6 nitrogen and oxygen atoms in total. The van der Waals surface area contributed by atoms with Crippen LogP contribution in [0.2, 0.25) is 0 Å². The van der Waals surface area contributed by atoms with Crippen LogP contribution in [0.3, 0.4) is 0 Å². The number of ether oxygens (including phenoxy) is 1. The number of rotatable bonds is 7. The first-order valence-corrected chi connectivity index (χ1v) is 6.21. The molecule has 2 aromatic rings. The lowest BCUT2D eigenvalue weighted by Crippen LogP contribution is -2.28. The molecule has 102 valence electrons. The third kappa shape index (κ3) is 3.69. The van der Waals surface area contributed by atoms with E-state index in [1.165, 1.54) is 0 Å². The number of amides is 1. The summed E-state index contributed by atoms with van der Waals surface area (Å²) in [7, 11) is 1.65. The topological polar surface area (TPSA) is 71.9 Å². The maximum absolute atomic E-state index is 12.0. The highest BCUT2D eigenvalue weighted by Crippen LogP contribution is 2.02. The number of hydrogen-bond donors (Lipinski definition) is 2. The van der Waals surface area contributed by atoms with Gasteiger partial charge in [-0.3, -0.25) is 4.79 Å². The van der Waals surface area contributed by atoms with Crippen molar-refractivity contribution in [2.24, 2.45) is 0 Å². The highest BCUT2D eigenvalue weighted by atomic mass is 16.5. The summed E-state index contributed by atoms with van der Waals surface area (Å²) in [5, 5.41) is 2.89. The van der Waals surface area contributed by atoms with Crippen molar-refractivity contribution in [3.05, 3.63) is 42.2 Å². The van der Waals surface area contributed by atoms with Crippen molar-refractivity contribution in [3.8, 4) is 0 Å². The zero-order valence-corrected chi connectivity index (χ0v) is 10.9. The molecule has 0 aliphatic rings. The average Bonchev–Trinajstić information content (AvgIpc) is 3.07. The quantitative estimate of drug-likeness (QED) is 0.776. The molecular weight excluding hydrogens is 244 g/mol. The van der Waals surface area contributed by atoms with Gasteiger partial charge in [-0.25, -0.2) is 4.98 Å². The maximum Gasteiger partial charge on any atom is 0.267 e. The van der Waals surface area contributed by atoms with Crippen molar-refractivity contribution >= 4 is 5.91 Å². The molecule has 2 N–H and O–H groups in total. The van der Waals surface area contributed by atoms with Crippen LogP contribution in [0.25, 0.3) is 0 Å². The van der Waals surface area contributed by atoms with Crippen molar-refractivity contribution in [1.82, 2.24) is 19.9 Å². The van der Waals surface area contributed by atoms with Gasteiger partial charge >= 0.3 is 0 Å². The Hall–Kier alpha value is -2.08. The summed E-state index contributed by atoms with van der Waals surface area (Å²) in [5.41, 5.74) is 1.66. The number of nitrogens with one attached hydrogen (secondary N) is 2. The van der Waals surface area contributed by atoms with E-state index in [4.69, 9.17) is 4.74 Å². The van der Waals surface area contributed by atoms with Crippen LogP contribution in [0.1, 0.15) is 16.2 Å². The van der Waals surface area contributed by atoms with E-state index in [2.05, 4.69) is 15.3 Å². The number of H-pyrrole nitrogens is 1. The Morgan fingerprint density at radius 2 is 2.47 bits per heavy atom. The fourth-order valence-electron chi connectivity index (χ4n) is 1.83. The fourth-order valence-corrected chi connectivity index (χ4v) is 1.83. The second-order valence-corrected chi connectivity index (χ2v) is 4.16. The third-order valence-corrected chi connectivity index (χ3v) is 2.83. The number of methoxy groups -OCH3 is 1. The smallest absolute Gasteiger partial charge is 0.267 e. The third-order valence-electron chi connectivity index (χ3n) is 2.83. The Bertz CT molecular complexity index is 504. The summed E-state index contributed by atoms with van der Waals surface area (Å²) in [6.45, 7) is 1.84. The van der Waals surface area contributed by atoms with Crippen LogP contribution in [0.4, 0.5) is 0 Å². The van der Waals surface area contributed by atoms with Gasteiger partial charge in [0.05, 0.1) is 12.9 Å². The molecule has 2 heterocycles. The molecule has 0 aromatic carbocycles. The van der Waals surface area contributed by atoms with Gasteiger partial charge in [-0.2, -0.15) is 0 Å². The first-order chi connectivity index (χ1) is 9.31. The molecule has 0 radical (unpaired) electrons. The zero-order valence-electron chi connectivity index (χ0n) is 10.9. The summed E-state index contributed by atoms with van der Waals surface area (Å²) >= 11 is 0. The molecule has 1 amide bonds. The molecule has 0 spiro atoms. The predicted octanol–water partition coefficient (Wildman–Crippen LogP) is 0.830. The number of imidazole rings is 1. The number of nitrogens with zero attached hydrogens (tertiary/aromatic N) is 2. The number of carbonyl (C=O) groups is 1. The van der Waals surface area contributed by atoms with Gasteiger partial charge in [0.15, 0.2) is 0 Å². The van der Waals surface area contributed by atoms with Gasteiger partial charge in [0, 0.05) is 44.7 Å². The molecule has 0 unspecified atom stereocenters. The van der Waals surface area contributed by atoms with Gasteiger partial charge < -0.3 is 19.6 Å². The van der Waals surface area contributed by atoms with Crippen molar-refractivity contribution in [2.75, 3.05) is 20.3 Å². The number of carbonyl (C=O) groups excluding carboxylic acids is 1. The van der Waals surface area contributed by atoms with E-state index in [1.54, 1.807) is 25.7 Å². The van der Waals surface area contributed by atoms with E-state index in [0.29, 0.717) is 25.4 Å². The predicted molar refractivity (Wildman–Crippen MR) is 70.9 cm³/mol. The minimum Gasteiger partial charge on any atom is -0.383 e. The fraction of sp³-hybridized carbons (Fsp3) is 0.385. The van der Waals surface area contributed by atoms with Crippen LogP contribution < -0.4 is 5.32 Å². The van der Waals surface area contributed by atoms with Crippen LogP contribution in [-0.4, -0.2) is 40.7 Å². The molecule has 19 heavy (non-hydrogen) atoms. The summed E-state index contributed by atoms with van der Waals surface area (Å²) in [6, 6.07) is 3.67. The van der Waals surface area contributed by atoms with Gasteiger partial charge in [0.2, 0.25) is 0 Å². The van der Waals surface area contributed by atoms with E-state index in [0.717, 1.165) is 12.1 Å². The molecule has 0 fully saturated rings. The van der Waals surface area contributed by atoms with Crippen molar-refractivity contribution in [3.63, 3.8) is 0 Å². The average molecular weight is 262 g/mol. The summed E-state index contributed by atoms with van der Waals surface area (Å²) < 4.78 is 6.90. The molecule has 0 saturated heterocycles. The Morgan fingerprint density at radius 3 is 3.21 bits per heavy atom. The first kappa shape index (κ1) is 13.4. The Balaban J connectivity index is 1.84. The number of hydrogen-bond acceptors (Lipinski definition) is 3.